The Kier molecular flexibility index (Phi) is 3.87. The predicted octanol–water partition coefficient (Wildman–Crippen LogP) is 2.71. The highest BCUT2D eigenvalue weighted by atomic mass is 35.5. The average Bonchev–Trinajstić information content (AvgIpc) is 2.94. The number of halogens is 1. The van der Waals surface area contributed by atoms with Crippen molar-refractivity contribution >= 4 is 29.2 Å². The number of hydrogen-bond acceptors (Lipinski definition) is 3. The minimum absolute atomic E-state index is 0.314. The fraction of sp³-hybridized carbons (Fsp3) is 0.0769. The summed E-state index contributed by atoms with van der Waals surface area (Å²) in [5.74, 6) is -0.832. The Morgan fingerprint density at radius 1 is 1.32 bits per heavy atom. The Morgan fingerprint density at radius 2 is 2.11 bits per heavy atom. The Morgan fingerprint density at radius 3 is 2.74 bits per heavy atom. The molecule has 0 atom stereocenters. The second-order valence-electron chi connectivity index (χ2n) is 3.72. The van der Waals surface area contributed by atoms with Gasteiger partial charge in [0.1, 0.15) is 5.69 Å². The largest absolute Gasteiger partial charge is 0.465 e. The number of carbonyl (C=O) groups excluding carboxylic acids is 2. The smallest absolute Gasteiger partial charge is 0.337 e. The Hall–Kier alpha value is -2.27. The van der Waals surface area contributed by atoms with Gasteiger partial charge < -0.3 is 15.0 Å². The topological polar surface area (TPSA) is 71.2 Å². The van der Waals surface area contributed by atoms with Gasteiger partial charge in [0.15, 0.2) is 0 Å². The van der Waals surface area contributed by atoms with Crippen LogP contribution in [0.4, 0.5) is 5.69 Å². The van der Waals surface area contributed by atoms with Gasteiger partial charge in [-0.05, 0) is 30.3 Å². The molecule has 2 N–H and O–H groups in total. The van der Waals surface area contributed by atoms with Crippen LogP contribution in [0.1, 0.15) is 20.8 Å². The van der Waals surface area contributed by atoms with E-state index in [4.69, 9.17) is 11.6 Å². The number of methoxy groups -OCH3 is 1. The van der Waals surface area contributed by atoms with Crippen LogP contribution >= 0.6 is 11.6 Å². The molecular weight excluding hydrogens is 268 g/mol. The molecule has 0 radical (unpaired) electrons. The molecule has 5 nitrogen and oxygen atoms in total. The molecule has 1 aromatic carbocycles. The van der Waals surface area contributed by atoms with Gasteiger partial charge in [-0.1, -0.05) is 11.6 Å². The molecule has 1 aromatic heterocycles. The van der Waals surface area contributed by atoms with E-state index in [-0.39, 0.29) is 5.91 Å². The fourth-order valence-electron chi connectivity index (χ4n) is 1.53. The maximum absolute atomic E-state index is 11.9. The second-order valence-corrected chi connectivity index (χ2v) is 4.13. The first-order valence-electron chi connectivity index (χ1n) is 5.44. The number of ether oxygens (including phenoxy) is 1. The molecule has 0 bridgehead atoms. The van der Waals surface area contributed by atoms with E-state index in [2.05, 4.69) is 15.0 Å². The first-order valence-corrected chi connectivity index (χ1v) is 5.82. The fourth-order valence-corrected chi connectivity index (χ4v) is 1.69. The standard InChI is InChI=1S/C13H11ClN2O3/c1-19-13(18)8-4-5-9(14)11(7-8)16-12(17)10-3-2-6-15-10/h2-7,15H,1H3,(H,16,17). The molecule has 0 aliphatic heterocycles. The highest BCUT2D eigenvalue weighted by Gasteiger charge is 2.12. The zero-order valence-corrected chi connectivity index (χ0v) is 10.8. The van der Waals surface area contributed by atoms with Gasteiger partial charge in [0, 0.05) is 6.20 Å². The lowest BCUT2D eigenvalue weighted by atomic mass is 10.2. The van der Waals surface area contributed by atoms with Gasteiger partial charge in [-0.25, -0.2) is 4.79 Å². The zero-order valence-electron chi connectivity index (χ0n) is 10.1. The molecule has 0 aliphatic carbocycles. The molecule has 0 unspecified atom stereocenters. The number of benzene rings is 1. The number of aromatic amines is 1. The first kappa shape index (κ1) is 13.2. The SMILES string of the molecule is COC(=O)c1ccc(Cl)c(NC(=O)c2ccc[nH]2)c1. The molecule has 6 heteroatoms. The number of aromatic nitrogens is 1. The lowest BCUT2D eigenvalue weighted by molar-refractivity contribution is 0.0600. The molecule has 19 heavy (non-hydrogen) atoms. The van der Waals surface area contributed by atoms with Crippen molar-refractivity contribution in [2.45, 2.75) is 0 Å². The lowest BCUT2D eigenvalue weighted by Crippen LogP contribution is -2.13. The number of esters is 1. The summed E-state index contributed by atoms with van der Waals surface area (Å²) in [4.78, 5) is 26.0. The molecule has 2 rings (SSSR count). The maximum Gasteiger partial charge on any atom is 0.337 e. The van der Waals surface area contributed by atoms with E-state index in [1.165, 1.54) is 25.3 Å². The Bertz CT molecular complexity index is 608. The third-order valence-corrected chi connectivity index (χ3v) is 2.81. The van der Waals surface area contributed by atoms with E-state index in [9.17, 15) is 9.59 Å². The highest BCUT2D eigenvalue weighted by molar-refractivity contribution is 6.34. The lowest BCUT2D eigenvalue weighted by Gasteiger charge is -2.08. The van der Waals surface area contributed by atoms with Crippen molar-refractivity contribution in [3.63, 3.8) is 0 Å². The maximum atomic E-state index is 11.9. The third kappa shape index (κ3) is 2.95. The molecule has 0 aliphatic rings. The van der Waals surface area contributed by atoms with Crippen molar-refractivity contribution in [3.8, 4) is 0 Å². The van der Waals surface area contributed by atoms with Crippen molar-refractivity contribution in [2.75, 3.05) is 12.4 Å². The molecule has 0 saturated carbocycles. The molecule has 0 fully saturated rings. The molecule has 2 aromatic rings. The molecule has 1 heterocycles. The van der Waals surface area contributed by atoms with E-state index >= 15 is 0 Å². The number of amides is 1. The van der Waals surface area contributed by atoms with Gasteiger partial charge >= 0.3 is 5.97 Å². The minimum atomic E-state index is -0.493. The van der Waals surface area contributed by atoms with E-state index in [0.717, 1.165) is 0 Å². The summed E-state index contributed by atoms with van der Waals surface area (Å²) >= 11 is 5.97. The molecular formula is C13H11ClN2O3. The van der Waals surface area contributed by atoms with Gasteiger partial charge in [-0.2, -0.15) is 0 Å². The van der Waals surface area contributed by atoms with E-state index in [1.807, 2.05) is 0 Å². The van der Waals surface area contributed by atoms with Crippen molar-refractivity contribution in [2.24, 2.45) is 0 Å². The number of hydrogen-bond donors (Lipinski definition) is 2. The van der Waals surface area contributed by atoms with Gasteiger partial charge in [0.2, 0.25) is 0 Å². The van der Waals surface area contributed by atoms with E-state index < -0.39 is 5.97 Å². The number of rotatable bonds is 3. The summed E-state index contributed by atoms with van der Waals surface area (Å²) in [5, 5.41) is 2.96. The summed E-state index contributed by atoms with van der Waals surface area (Å²) in [5.41, 5.74) is 1.07. The van der Waals surface area contributed by atoms with Crippen LogP contribution < -0.4 is 5.32 Å². The molecule has 98 valence electrons. The van der Waals surface area contributed by atoms with Crippen molar-refractivity contribution in [1.82, 2.24) is 4.98 Å². The first-order chi connectivity index (χ1) is 9.11. The summed E-state index contributed by atoms with van der Waals surface area (Å²) in [6, 6.07) is 7.86. The third-order valence-electron chi connectivity index (χ3n) is 2.48. The van der Waals surface area contributed by atoms with Gasteiger partial charge in [-0.3, -0.25) is 4.79 Å². The summed E-state index contributed by atoms with van der Waals surface area (Å²) < 4.78 is 4.61. The number of H-pyrrole nitrogens is 1. The average molecular weight is 279 g/mol. The normalized spacial score (nSPS) is 10.0. The van der Waals surface area contributed by atoms with Crippen LogP contribution in [0.2, 0.25) is 5.02 Å². The van der Waals surface area contributed by atoms with Crippen LogP contribution in [-0.4, -0.2) is 24.0 Å². The second kappa shape index (κ2) is 5.58. The highest BCUT2D eigenvalue weighted by Crippen LogP contribution is 2.24. The van der Waals surface area contributed by atoms with Gasteiger partial charge in [0.05, 0.1) is 23.4 Å². The quantitative estimate of drug-likeness (QED) is 0.848. The van der Waals surface area contributed by atoms with Crippen LogP contribution in [0.5, 0.6) is 0 Å². The van der Waals surface area contributed by atoms with Crippen LogP contribution in [0.25, 0.3) is 0 Å². The van der Waals surface area contributed by atoms with Crippen molar-refractivity contribution in [1.29, 1.82) is 0 Å². The predicted molar refractivity (Wildman–Crippen MR) is 71.5 cm³/mol. The Balaban J connectivity index is 2.24. The summed E-state index contributed by atoms with van der Waals surface area (Å²) in [6.45, 7) is 0. The van der Waals surface area contributed by atoms with Crippen LogP contribution in [0, 0.1) is 0 Å². The monoisotopic (exact) mass is 278 g/mol. The number of nitrogens with one attached hydrogen (secondary N) is 2. The molecule has 0 saturated heterocycles. The number of carbonyl (C=O) groups is 2. The van der Waals surface area contributed by atoms with E-state index in [1.54, 1.807) is 18.3 Å². The van der Waals surface area contributed by atoms with Crippen molar-refractivity contribution < 1.29 is 14.3 Å². The molecule has 0 spiro atoms. The minimum Gasteiger partial charge on any atom is -0.465 e. The van der Waals surface area contributed by atoms with Gasteiger partial charge in [-0.15, -0.1) is 0 Å². The van der Waals surface area contributed by atoms with Crippen molar-refractivity contribution in [3.05, 3.63) is 52.8 Å². The van der Waals surface area contributed by atoms with Crippen LogP contribution in [0.15, 0.2) is 36.5 Å². The van der Waals surface area contributed by atoms with E-state index in [0.29, 0.717) is 22.0 Å². The zero-order chi connectivity index (χ0) is 13.8. The van der Waals surface area contributed by atoms with Crippen LogP contribution in [-0.2, 0) is 4.74 Å². The van der Waals surface area contributed by atoms with Crippen LogP contribution in [0.3, 0.4) is 0 Å². The number of anilines is 1. The summed E-state index contributed by atoms with van der Waals surface area (Å²) in [6.07, 6.45) is 1.64. The molecule has 1 amide bonds. The Labute approximate surface area is 114 Å². The van der Waals surface area contributed by atoms with Gasteiger partial charge in [0.25, 0.3) is 5.91 Å². The summed E-state index contributed by atoms with van der Waals surface area (Å²) in [7, 11) is 1.29.